The summed E-state index contributed by atoms with van der Waals surface area (Å²) in [6.45, 7) is 0. The minimum atomic E-state index is -0.0324. The highest BCUT2D eigenvalue weighted by Gasteiger charge is 2.10. The molecule has 0 fully saturated rings. The molecule has 2 heteroatoms. The van der Waals surface area contributed by atoms with Crippen molar-refractivity contribution in [1.29, 1.82) is 0 Å². The molecule has 2 nitrogen and oxygen atoms in total. The zero-order valence-electron chi connectivity index (χ0n) is 5.29. The van der Waals surface area contributed by atoms with Crippen molar-refractivity contribution >= 4 is 5.91 Å². The number of amides is 1. The van der Waals surface area contributed by atoms with Gasteiger partial charge in [-0.25, -0.2) is 0 Å². The monoisotopic (exact) mass is 123 g/mol. The van der Waals surface area contributed by atoms with Gasteiger partial charge in [-0.15, -0.1) is 0 Å². The van der Waals surface area contributed by atoms with Crippen molar-refractivity contribution < 1.29 is 4.79 Å². The van der Waals surface area contributed by atoms with Gasteiger partial charge < -0.3 is 5.32 Å². The van der Waals surface area contributed by atoms with Crippen LogP contribution in [-0.4, -0.2) is 13.0 Å². The molecule has 9 heavy (non-hydrogen) atoms. The van der Waals surface area contributed by atoms with Crippen LogP contribution in [0.15, 0.2) is 24.3 Å². The Balaban J connectivity index is 2.53. The number of hydrogen-bond acceptors (Lipinski definition) is 1. The van der Waals surface area contributed by atoms with E-state index in [4.69, 9.17) is 0 Å². The van der Waals surface area contributed by atoms with Crippen LogP contribution in [0.2, 0.25) is 0 Å². The smallest absolute Gasteiger partial charge is 0.230 e. The lowest BCUT2D eigenvalue weighted by Gasteiger charge is -2.00. The van der Waals surface area contributed by atoms with E-state index in [0.29, 0.717) is 0 Å². The Morgan fingerprint density at radius 1 is 1.44 bits per heavy atom. The third kappa shape index (κ3) is 1.19. The normalized spacial score (nSPS) is 16.6. The van der Waals surface area contributed by atoms with Crippen molar-refractivity contribution in [1.82, 2.24) is 5.32 Å². The van der Waals surface area contributed by atoms with E-state index in [9.17, 15) is 4.79 Å². The number of carbonyl (C=O) groups excluding carboxylic acids is 1. The van der Waals surface area contributed by atoms with Crippen LogP contribution in [0.4, 0.5) is 0 Å². The minimum Gasteiger partial charge on any atom is -0.358 e. The second kappa shape index (κ2) is 2.49. The molecule has 48 valence electrons. The molecule has 0 spiro atoms. The first-order chi connectivity index (χ1) is 4.34. The van der Waals surface area contributed by atoms with Gasteiger partial charge in [0, 0.05) is 7.05 Å². The van der Waals surface area contributed by atoms with Gasteiger partial charge in [0.2, 0.25) is 5.91 Å². The lowest BCUT2D eigenvalue weighted by molar-refractivity contribution is -0.121. The van der Waals surface area contributed by atoms with E-state index in [-0.39, 0.29) is 11.8 Å². The fourth-order valence-corrected chi connectivity index (χ4v) is 0.773. The highest BCUT2D eigenvalue weighted by molar-refractivity contribution is 5.82. The van der Waals surface area contributed by atoms with Gasteiger partial charge in [0.1, 0.15) is 0 Å². The molecule has 1 amide bonds. The number of carbonyl (C=O) groups is 1. The van der Waals surface area contributed by atoms with Crippen LogP contribution in [-0.2, 0) is 4.79 Å². The molecule has 1 aliphatic carbocycles. The fraction of sp³-hybridized carbons (Fsp3) is 0.286. The van der Waals surface area contributed by atoms with Crippen LogP contribution in [0.3, 0.4) is 0 Å². The Bertz CT molecular complexity index is 158. The molecule has 1 aliphatic rings. The van der Waals surface area contributed by atoms with Gasteiger partial charge in [0.15, 0.2) is 0 Å². The maximum atomic E-state index is 10.8. The first-order valence-electron chi connectivity index (χ1n) is 2.91. The zero-order valence-corrected chi connectivity index (χ0v) is 5.29. The molecule has 0 aromatic heterocycles. The van der Waals surface area contributed by atoms with Gasteiger partial charge in [-0.05, 0) is 0 Å². The van der Waals surface area contributed by atoms with E-state index in [2.05, 4.69) is 5.32 Å². The largest absolute Gasteiger partial charge is 0.358 e. The molecule has 0 radical (unpaired) electrons. The zero-order chi connectivity index (χ0) is 6.69. The summed E-state index contributed by atoms with van der Waals surface area (Å²) in [7, 11) is 1.64. The van der Waals surface area contributed by atoms with Crippen molar-refractivity contribution in [2.45, 2.75) is 0 Å². The summed E-state index contributed by atoms with van der Waals surface area (Å²) in [5.41, 5.74) is 0. The first kappa shape index (κ1) is 6.08. The molecule has 0 saturated carbocycles. The predicted molar refractivity (Wildman–Crippen MR) is 35.8 cm³/mol. The Hall–Kier alpha value is -1.05. The van der Waals surface area contributed by atoms with E-state index < -0.39 is 0 Å². The molecule has 0 aliphatic heterocycles. The fourth-order valence-electron chi connectivity index (χ4n) is 0.773. The number of allylic oxidation sites excluding steroid dienone is 2. The quantitative estimate of drug-likeness (QED) is 0.539. The van der Waals surface area contributed by atoms with Crippen LogP contribution in [0.1, 0.15) is 0 Å². The number of rotatable bonds is 1. The number of nitrogens with one attached hydrogen (secondary N) is 1. The van der Waals surface area contributed by atoms with Crippen LogP contribution in [0, 0.1) is 5.92 Å². The number of hydrogen-bond donors (Lipinski definition) is 1. The molecule has 0 unspecified atom stereocenters. The standard InChI is InChI=1S/C7H9NO/c1-8-7(9)6-4-2-3-5-6/h2-6H,1H3,(H,8,9). The second-order valence-electron chi connectivity index (χ2n) is 1.91. The summed E-state index contributed by atoms with van der Waals surface area (Å²) in [6.07, 6.45) is 7.47. The van der Waals surface area contributed by atoms with E-state index in [1.165, 1.54) is 0 Å². The maximum absolute atomic E-state index is 10.8. The lowest BCUT2D eigenvalue weighted by Crippen LogP contribution is -2.23. The van der Waals surface area contributed by atoms with Crippen molar-refractivity contribution in [3.05, 3.63) is 24.3 Å². The van der Waals surface area contributed by atoms with Gasteiger partial charge in [-0.3, -0.25) is 4.79 Å². The Kier molecular flexibility index (Phi) is 1.68. The molecule has 0 aromatic carbocycles. The van der Waals surface area contributed by atoms with Crippen molar-refractivity contribution in [2.24, 2.45) is 5.92 Å². The highest BCUT2D eigenvalue weighted by atomic mass is 16.1. The Morgan fingerprint density at radius 2 is 2.00 bits per heavy atom. The summed E-state index contributed by atoms with van der Waals surface area (Å²) in [6, 6.07) is 0. The molecular formula is C7H9NO. The van der Waals surface area contributed by atoms with Gasteiger partial charge in [-0.2, -0.15) is 0 Å². The first-order valence-corrected chi connectivity index (χ1v) is 2.91. The molecule has 0 atom stereocenters. The third-order valence-electron chi connectivity index (χ3n) is 1.30. The maximum Gasteiger partial charge on any atom is 0.230 e. The van der Waals surface area contributed by atoms with Crippen LogP contribution in [0.25, 0.3) is 0 Å². The summed E-state index contributed by atoms with van der Waals surface area (Å²) in [5.74, 6) is 0.0231. The highest BCUT2D eigenvalue weighted by Crippen LogP contribution is 2.07. The Morgan fingerprint density at radius 3 is 2.44 bits per heavy atom. The molecule has 1 rings (SSSR count). The van der Waals surface area contributed by atoms with Crippen LogP contribution >= 0.6 is 0 Å². The van der Waals surface area contributed by atoms with Crippen LogP contribution in [0.5, 0.6) is 0 Å². The molecule has 0 bridgehead atoms. The topological polar surface area (TPSA) is 29.1 Å². The Labute approximate surface area is 54.3 Å². The summed E-state index contributed by atoms with van der Waals surface area (Å²) >= 11 is 0. The van der Waals surface area contributed by atoms with Gasteiger partial charge in [-0.1, -0.05) is 24.3 Å². The second-order valence-corrected chi connectivity index (χ2v) is 1.91. The molecule has 0 heterocycles. The summed E-state index contributed by atoms with van der Waals surface area (Å²) in [5, 5.41) is 2.57. The average Bonchev–Trinajstić information content (AvgIpc) is 2.37. The van der Waals surface area contributed by atoms with E-state index >= 15 is 0 Å². The van der Waals surface area contributed by atoms with E-state index in [1.807, 2.05) is 24.3 Å². The van der Waals surface area contributed by atoms with E-state index in [0.717, 1.165) is 0 Å². The van der Waals surface area contributed by atoms with Gasteiger partial charge in [0.05, 0.1) is 5.92 Å². The molecular weight excluding hydrogens is 114 g/mol. The summed E-state index contributed by atoms with van der Waals surface area (Å²) < 4.78 is 0. The molecule has 0 saturated heterocycles. The van der Waals surface area contributed by atoms with E-state index in [1.54, 1.807) is 7.05 Å². The summed E-state index contributed by atoms with van der Waals surface area (Å²) in [4.78, 5) is 10.8. The third-order valence-corrected chi connectivity index (χ3v) is 1.30. The van der Waals surface area contributed by atoms with Crippen molar-refractivity contribution in [2.75, 3.05) is 7.05 Å². The van der Waals surface area contributed by atoms with Gasteiger partial charge in [0.25, 0.3) is 0 Å². The molecule has 0 aromatic rings. The minimum absolute atomic E-state index is 0.0324. The van der Waals surface area contributed by atoms with Gasteiger partial charge >= 0.3 is 0 Å². The SMILES string of the molecule is CNC(=O)C1C=CC=C1. The predicted octanol–water partition coefficient (Wildman–Crippen LogP) is 0.475. The van der Waals surface area contributed by atoms with Crippen LogP contribution < -0.4 is 5.32 Å². The molecule has 1 N–H and O–H groups in total. The van der Waals surface area contributed by atoms with Crippen molar-refractivity contribution in [3.8, 4) is 0 Å². The van der Waals surface area contributed by atoms with Crippen molar-refractivity contribution in [3.63, 3.8) is 0 Å². The average molecular weight is 123 g/mol. The lowest BCUT2D eigenvalue weighted by atomic mass is 10.1.